The van der Waals surface area contributed by atoms with Crippen molar-refractivity contribution in [3.8, 4) is 5.88 Å². The van der Waals surface area contributed by atoms with E-state index in [1.807, 2.05) is 26.4 Å². The number of aromatic nitrogens is 2. The zero-order valence-electron chi connectivity index (χ0n) is 14.4. The van der Waals surface area contributed by atoms with Crippen LogP contribution >= 0.6 is 11.6 Å². The molecule has 0 saturated carbocycles. The lowest BCUT2D eigenvalue weighted by Gasteiger charge is -2.22. The fourth-order valence-corrected chi connectivity index (χ4v) is 2.31. The van der Waals surface area contributed by atoms with E-state index in [1.165, 1.54) is 5.69 Å². The molecule has 2 heterocycles. The van der Waals surface area contributed by atoms with Crippen molar-refractivity contribution >= 4 is 17.6 Å². The van der Waals surface area contributed by atoms with Crippen LogP contribution in [0.3, 0.4) is 0 Å². The summed E-state index contributed by atoms with van der Waals surface area (Å²) in [6.07, 6.45) is 3.61. The summed E-state index contributed by atoms with van der Waals surface area (Å²) in [5.74, 6) is 1.41. The molecule has 0 fully saturated rings. The van der Waals surface area contributed by atoms with Crippen molar-refractivity contribution in [3.05, 3.63) is 47.4 Å². The number of halogens is 1. The van der Waals surface area contributed by atoms with Crippen LogP contribution in [0.2, 0.25) is 5.02 Å². The first-order valence-corrected chi connectivity index (χ1v) is 8.32. The molecule has 2 aromatic heterocycles. The number of rotatable bonds is 7. The maximum atomic E-state index is 5.80. The van der Waals surface area contributed by atoms with Gasteiger partial charge >= 0.3 is 0 Å². The Morgan fingerprint density at radius 3 is 2.88 bits per heavy atom. The molecule has 2 aromatic rings. The predicted molar refractivity (Wildman–Crippen MR) is 97.6 cm³/mol. The minimum absolute atomic E-state index is 0.460. The molecule has 0 aliphatic carbocycles. The van der Waals surface area contributed by atoms with E-state index < -0.39 is 0 Å². The summed E-state index contributed by atoms with van der Waals surface area (Å²) in [6.45, 7) is 4.66. The topological polar surface area (TPSA) is 54.7 Å². The van der Waals surface area contributed by atoms with Crippen LogP contribution in [0.15, 0.2) is 41.7 Å². The number of ether oxygens (including phenoxy) is 1. The molecule has 0 unspecified atom stereocenters. The zero-order valence-corrected chi connectivity index (χ0v) is 15.1. The minimum Gasteiger partial charge on any atom is -0.476 e. The summed E-state index contributed by atoms with van der Waals surface area (Å²) in [5, 5.41) is 3.89. The molecule has 0 amide bonds. The maximum absolute atomic E-state index is 5.80. The second-order valence-corrected chi connectivity index (χ2v) is 5.80. The Labute approximate surface area is 148 Å². The highest BCUT2D eigenvalue weighted by Crippen LogP contribution is 2.11. The van der Waals surface area contributed by atoms with Crippen molar-refractivity contribution in [2.24, 2.45) is 12.0 Å². The molecule has 130 valence electrons. The van der Waals surface area contributed by atoms with Crippen LogP contribution in [0, 0.1) is 0 Å². The quantitative estimate of drug-likeness (QED) is 0.474. The summed E-state index contributed by atoms with van der Waals surface area (Å²) >= 11 is 5.80. The summed E-state index contributed by atoms with van der Waals surface area (Å²) < 4.78 is 7.67. The molecule has 2 rings (SSSR count). The van der Waals surface area contributed by atoms with Crippen molar-refractivity contribution in [2.75, 3.05) is 26.7 Å². The van der Waals surface area contributed by atoms with Crippen molar-refractivity contribution < 1.29 is 4.74 Å². The van der Waals surface area contributed by atoms with E-state index in [1.54, 1.807) is 18.3 Å². The van der Waals surface area contributed by atoms with Gasteiger partial charge in [0, 0.05) is 44.8 Å². The van der Waals surface area contributed by atoms with Gasteiger partial charge in [0.25, 0.3) is 0 Å². The van der Waals surface area contributed by atoms with Crippen LogP contribution in [0.25, 0.3) is 0 Å². The van der Waals surface area contributed by atoms with E-state index in [4.69, 9.17) is 16.3 Å². The summed E-state index contributed by atoms with van der Waals surface area (Å²) in [5.41, 5.74) is 1.23. The van der Waals surface area contributed by atoms with Crippen molar-refractivity contribution in [3.63, 3.8) is 0 Å². The predicted octanol–water partition coefficient (Wildman–Crippen LogP) is 2.55. The van der Waals surface area contributed by atoms with Gasteiger partial charge in [-0.1, -0.05) is 11.6 Å². The molecule has 0 radical (unpaired) electrons. The summed E-state index contributed by atoms with van der Waals surface area (Å²) in [7, 11) is 4.07. The number of guanidine groups is 1. The molecule has 0 aromatic carbocycles. The van der Waals surface area contributed by atoms with Gasteiger partial charge in [-0.15, -0.1) is 0 Å². The van der Waals surface area contributed by atoms with Gasteiger partial charge in [-0.25, -0.2) is 9.98 Å². The van der Waals surface area contributed by atoms with Gasteiger partial charge < -0.3 is 19.5 Å². The van der Waals surface area contributed by atoms with Crippen LogP contribution < -0.4 is 10.1 Å². The average Bonchev–Trinajstić information content (AvgIpc) is 2.97. The molecular weight excluding hydrogens is 326 g/mol. The van der Waals surface area contributed by atoms with Crippen LogP contribution in [-0.4, -0.2) is 47.2 Å². The van der Waals surface area contributed by atoms with E-state index in [0.717, 1.165) is 19.0 Å². The number of hydrogen-bond acceptors (Lipinski definition) is 3. The fourth-order valence-electron chi connectivity index (χ4n) is 2.20. The Balaban J connectivity index is 1.87. The normalized spacial score (nSPS) is 11.4. The molecule has 1 N–H and O–H groups in total. The number of pyridine rings is 1. The van der Waals surface area contributed by atoms with Gasteiger partial charge in [-0.2, -0.15) is 0 Å². The zero-order chi connectivity index (χ0) is 17.4. The average molecular weight is 350 g/mol. The van der Waals surface area contributed by atoms with E-state index in [9.17, 15) is 0 Å². The lowest BCUT2D eigenvalue weighted by atomic mass is 10.4. The number of nitrogens with zero attached hydrogens (tertiary/aromatic N) is 4. The third-order valence-corrected chi connectivity index (χ3v) is 3.67. The van der Waals surface area contributed by atoms with Gasteiger partial charge in [0.2, 0.25) is 5.88 Å². The van der Waals surface area contributed by atoms with E-state index in [0.29, 0.717) is 24.1 Å². The lowest BCUT2D eigenvalue weighted by molar-refractivity contribution is 0.315. The molecule has 0 aliphatic heterocycles. The molecule has 0 bridgehead atoms. The summed E-state index contributed by atoms with van der Waals surface area (Å²) in [4.78, 5) is 10.8. The van der Waals surface area contributed by atoms with Crippen molar-refractivity contribution in [2.45, 2.75) is 13.5 Å². The molecule has 0 aliphatic rings. The Morgan fingerprint density at radius 2 is 2.25 bits per heavy atom. The molecule has 6 nitrogen and oxygen atoms in total. The van der Waals surface area contributed by atoms with Crippen molar-refractivity contribution in [1.82, 2.24) is 19.8 Å². The SMILES string of the molecule is CCNC(=NCCOc1ccc(Cl)cn1)N(C)Cc1cccn1C. The lowest BCUT2D eigenvalue weighted by Crippen LogP contribution is -2.39. The third kappa shape index (κ3) is 5.45. The van der Waals surface area contributed by atoms with E-state index in [-0.39, 0.29) is 0 Å². The largest absolute Gasteiger partial charge is 0.476 e. The number of aliphatic imine (C=N–C) groups is 1. The number of hydrogen-bond donors (Lipinski definition) is 1. The van der Waals surface area contributed by atoms with Crippen LogP contribution in [-0.2, 0) is 13.6 Å². The van der Waals surface area contributed by atoms with Gasteiger partial charge in [-0.3, -0.25) is 0 Å². The van der Waals surface area contributed by atoms with Gasteiger partial charge in [0.1, 0.15) is 6.61 Å². The molecule has 0 spiro atoms. The molecule has 7 heteroatoms. The summed E-state index contributed by atoms with van der Waals surface area (Å²) in [6, 6.07) is 7.65. The fraction of sp³-hybridized carbons (Fsp3) is 0.412. The Kier molecular flexibility index (Phi) is 6.93. The van der Waals surface area contributed by atoms with Crippen LogP contribution in [0.1, 0.15) is 12.6 Å². The maximum Gasteiger partial charge on any atom is 0.213 e. The second kappa shape index (κ2) is 9.17. The Bertz CT molecular complexity index is 653. The van der Waals surface area contributed by atoms with Gasteiger partial charge in [0.05, 0.1) is 18.1 Å². The Hall–Kier alpha value is -2.21. The first kappa shape index (κ1) is 18.1. The Morgan fingerprint density at radius 1 is 1.42 bits per heavy atom. The monoisotopic (exact) mass is 349 g/mol. The van der Waals surface area contributed by atoms with Gasteiger partial charge in [-0.05, 0) is 25.1 Å². The van der Waals surface area contributed by atoms with E-state index in [2.05, 4.69) is 37.8 Å². The molecular formula is C17H24ClN5O. The smallest absolute Gasteiger partial charge is 0.213 e. The third-order valence-electron chi connectivity index (χ3n) is 3.45. The minimum atomic E-state index is 0.460. The van der Waals surface area contributed by atoms with Crippen LogP contribution in [0.5, 0.6) is 5.88 Å². The number of nitrogens with one attached hydrogen (secondary N) is 1. The highest BCUT2D eigenvalue weighted by Gasteiger charge is 2.08. The second-order valence-electron chi connectivity index (χ2n) is 5.37. The molecule has 0 atom stereocenters. The standard InChI is InChI=1S/C17H24ClN5O/c1-4-19-17(23(3)13-15-6-5-10-22(15)2)20-9-11-24-16-8-7-14(18)12-21-16/h5-8,10,12H,4,9,11,13H2,1-3H3,(H,19,20). The van der Waals surface area contributed by atoms with Crippen molar-refractivity contribution in [1.29, 1.82) is 0 Å². The van der Waals surface area contributed by atoms with E-state index >= 15 is 0 Å². The van der Waals surface area contributed by atoms with Gasteiger partial charge in [0.15, 0.2) is 5.96 Å². The first-order chi connectivity index (χ1) is 11.6. The van der Waals surface area contributed by atoms with Crippen LogP contribution in [0.4, 0.5) is 0 Å². The molecule has 24 heavy (non-hydrogen) atoms. The molecule has 0 saturated heterocycles. The highest BCUT2D eigenvalue weighted by molar-refractivity contribution is 6.30. The number of aryl methyl sites for hydroxylation is 1. The highest BCUT2D eigenvalue weighted by atomic mass is 35.5. The first-order valence-electron chi connectivity index (χ1n) is 7.94.